The molecule has 0 saturated carbocycles. The van der Waals surface area contributed by atoms with Crippen LogP contribution in [0.5, 0.6) is 0 Å². The van der Waals surface area contributed by atoms with Crippen LogP contribution in [-0.2, 0) is 32.1 Å². The zero-order valence-electron chi connectivity index (χ0n) is 20.0. The number of esters is 1. The molecule has 1 aliphatic rings. The van der Waals surface area contributed by atoms with Gasteiger partial charge in [0.1, 0.15) is 11.9 Å². The molecule has 1 atom stereocenters. The molecule has 1 fully saturated rings. The van der Waals surface area contributed by atoms with Crippen LogP contribution in [0.2, 0.25) is 5.02 Å². The maximum absolute atomic E-state index is 13.5. The molecule has 0 bridgehead atoms. The van der Waals surface area contributed by atoms with E-state index in [-0.39, 0.29) is 43.2 Å². The minimum Gasteiger partial charge on any atom is -0.462 e. The summed E-state index contributed by atoms with van der Waals surface area (Å²) in [6, 6.07) is 17.3. The fraction of sp³-hybridized carbons (Fsp3) is 0.214. The largest absolute Gasteiger partial charge is 0.462 e. The number of carbonyl (C=O) groups is 4. The van der Waals surface area contributed by atoms with Crippen LogP contribution in [0.25, 0.3) is 0 Å². The second-order valence-electron chi connectivity index (χ2n) is 8.51. The molecular formula is C28H24ClFN2O5. The lowest BCUT2D eigenvalue weighted by molar-refractivity contribution is -0.138. The molecule has 0 radical (unpaired) electrons. The van der Waals surface area contributed by atoms with Crippen molar-refractivity contribution in [2.75, 3.05) is 11.5 Å². The number of hydrogen-bond donors (Lipinski definition) is 0. The van der Waals surface area contributed by atoms with Gasteiger partial charge < -0.3 is 9.64 Å². The highest BCUT2D eigenvalue weighted by atomic mass is 35.5. The van der Waals surface area contributed by atoms with Gasteiger partial charge in [-0.05, 0) is 66.6 Å². The van der Waals surface area contributed by atoms with E-state index in [0.29, 0.717) is 16.1 Å². The van der Waals surface area contributed by atoms with Gasteiger partial charge in [0.05, 0.1) is 30.7 Å². The Kier molecular flexibility index (Phi) is 7.98. The summed E-state index contributed by atoms with van der Waals surface area (Å²) in [4.78, 5) is 54.2. The Morgan fingerprint density at radius 3 is 2.22 bits per heavy atom. The molecule has 190 valence electrons. The van der Waals surface area contributed by atoms with Gasteiger partial charge in [0, 0.05) is 11.6 Å². The molecular weight excluding hydrogens is 499 g/mol. The summed E-state index contributed by atoms with van der Waals surface area (Å²) >= 11 is 5.95. The van der Waals surface area contributed by atoms with Crippen molar-refractivity contribution in [3.8, 4) is 0 Å². The lowest BCUT2D eigenvalue weighted by Gasteiger charge is -2.28. The van der Waals surface area contributed by atoms with Gasteiger partial charge in [-0.3, -0.25) is 14.4 Å². The average molecular weight is 523 g/mol. The summed E-state index contributed by atoms with van der Waals surface area (Å²) in [5.41, 5.74) is 1.89. The third-order valence-electron chi connectivity index (χ3n) is 5.99. The molecule has 3 aromatic rings. The number of anilines is 1. The second kappa shape index (κ2) is 11.3. The summed E-state index contributed by atoms with van der Waals surface area (Å²) < 4.78 is 18.4. The van der Waals surface area contributed by atoms with Crippen LogP contribution >= 0.6 is 11.6 Å². The molecule has 0 N–H and O–H groups in total. The van der Waals surface area contributed by atoms with Crippen LogP contribution in [0.1, 0.15) is 34.8 Å². The van der Waals surface area contributed by atoms with Gasteiger partial charge in [0.25, 0.3) is 5.91 Å². The zero-order chi connectivity index (χ0) is 26.5. The Hall–Kier alpha value is -4.04. The summed E-state index contributed by atoms with van der Waals surface area (Å²) in [5.74, 6) is -2.32. The fourth-order valence-electron chi connectivity index (χ4n) is 4.13. The third-order valence-corrected chi connectivity index (χ3v) is 6.24. The zero-order valence-corrected chi connectivity index (χ0v) is 20.8. The monoisotopic (exact) mass is 522 g/mol. The van der Waals surface area contributed by atoms with Crippen molar-refractivity contribution in [2.24, 2.45) is 0 Å². The number of halogens is 2. The number of imide groups is 1. The van der Waals surface area contributed by atoms with Gasteiger partial charge in [0.15, 0.2) is 0 Å². The van der Waals surface area contributed by atoms with E-state index >= 15 is 0 Å². The quantitative estimate of drug-likeness (QED) is 0.320. The Morgan fingerprint density at radius 1 is 0.973 bits per heavy atom. The van der Waals surface area contributed by atoms with Crippen molar-refractivity contribution in [1.29, 1.82) is 0 Å². The molecule has 0 spiro atoms. The maximum Gasteiger partial charge on any atom is 0.338 e. The van der Waals surface area contributed by atoms with Crippen molar-refractivity contribution in [1.82, 2.24) is 4.90 Å². The number of rotatable bonds is 8. The highest BCUT2D eigenvalue weighted by molar-refractivity contribution is 6.30. The van der Waals surface area contributed by atoms with E-state index in [4.69, 9.17) is 16.3 Å². The first-order chi connectivity index (χ1) is 17.8. The highest BCUT2D eigenvalue weighted by Gasteiger charge is 2.44. The number of amides is 3. The minimum atomic E-state index is -1.04. The molecule has 3 amide bonds. The Labute approximate surface area is 218 Å². The first-order valence-corrected chi connectivity index (χ1v) is 12.1. The van der Waals surface area contributed by atoms with Crippen LogP contribution in [0, 0.1) is 5.82 Å². The molecule has 0 aliphatic carbocycles. The highest BCUT2D eigenvalue weighted by Crippen LogP contribution is 2.28. The molecule has 9 heteroatoms. The van der Waals surface area contributed by atoms with E-state index in [9.17, 15) is 23.6 Å². The minimum absolute atomic E-state index is 0.00935. The van der Waals surface area contributed by atoms with E-state index in [1.54, 1.807) is 31.2 Å². The van der Waals surface area contributed by atoms with Crippen molar-refractivity contribution in [3.63, 3.8) is 0 Å². The smallest absolute Gasteiger partial charge is 0.338 e. The van der Waals surface area contributed by atoms with E-state index in [0.717, 1.165) is 4.90 Å². The van der Waals surface area contributed by atoms with Crippen LogP contribution < -0.4 is 4.90 Å². The molecule has 1 saturated heterocycles. The standard InChI is InChI=1S/C28H24ClFN2O5/c1-2-37-28(36)20-7-13-23(14-8-20)32-26(34)16-24(27(32)35)31(17-19-5-11-22(30)12-6-19)25(33)15-18-3-9-21(29)10-4-18/h3-14,24H,2,15-17H2,1H3. The van der Waals surface area contributed by atoms with Gasteiger partial charge in [-0.15, -0.1) is 0 Å². The Bertz CT molecular complexity index is 1310. The summed E-state index contributed by atoms with van der Waals surface area (Å²) in [7, 11) is 0. The van der Waals surface area contributed by atoms with Crippen LogP contribution in [0.3, 0.4) is 0 Å². The van der Waals surface area contributed by atoms with E-state index in [2.05, 4.69) is 0 Å². The molecule has 1 unspecified atom stereocenters. The summed E-state index contributed by atoms with van der Waals surface area (Å²) in [6.45, 7) is 1.94. The van der Waals surface area contributed by atoms with Crippen molar-refractivity contribution >= 4 is 41.0 Å². The normalized spacial score (nSPS) is 15.1. The van der Waals surface area contributed by atoms with Gasteiger partial charge in [0.2, 0.25) is 11.8 Å². The van der Waals surface area contributed by atoms with Gasteiger partial charge >= 0.3 is 5.97 Å². The number of hydrogen-bond acceptors (Lipinski definition) is 5. The van der Waals surface area contributed by atoms with Crippen LogP contribution in [0.15, 0.2) is 72.8 Å². The molecule has 3 aromatic carbocycles. The first-order valence-electron chi connectivity index (χ1n) is 11.7. The van der Waals surface area contributed by atoms with Crippen molar-refractivity contribution < 1.29 is 28.3 Å². The topological polar surface area (TPSA) is 84.0 Å². The molecule has 0 aromatic heterocycles. The third kappa shape index (κ3) is 6.03. The van der Waals surface area contributed by atoms with E-state index in [1.807, 2.05) is 0 Å². The van der Waals surface area contributed by atoms with Crippen LogP contribution in [0.4, 0.5) is 10.1 Å². The summed E-state index contributed by atoms with van der Waals surface area (Å²) in [5, 5.41) is 0.528. The number of ether oxygens (including phenoxy) is 1. The molecule has 7 nitrogen and oxygen atoms in total. The number of nitrogens with zero attached hydrogens (tertiary/aromatic N) is 2. The summed E-state index contributed by atoms with van der Waals surface area (Å²) in [6.07, 6.45) is -0.212. The number of carbonyl (C=O) groups excluding carboxylic acids is 4. The van der Waals surface area contributed by atoms with E-state index in [1.165, 1.54) is 53.4 Å². The Morgan fingerprint density at radius 2 is 1.59 bits per heavy atom. The van der Waals surface area contributed by atoms with Crippen molar-refractivity contribution in [3.05, 3.63) is 100 Å². The molecule has 1 heterocycles. The predicted octanol–water partition coefficient (Wildman–Crippen LogP) is 4.56. The number of benzene rings is 3. The Balaban J connectivity index is 1.59. The average Bonchev–Trinajstić information content (AvgIpc) is 3.18. The van der Waals surface area contributed by atoms with Gasteiger partial charge in [-0.1, -0.05) is 35.9 Å². The SMILES string of the molecule is CCOC(=O)c1ccc(N2C(=O)CC(N(Cc3ccc(F)cc3)C(=O)Cc3ccc(Cl)cc3)C2=O)cc1. The predicted molar refractivity (Wildman–Crippen MR) is 135 cm³/mol. The van der Waals surface area contributed by atoms with Gasteiger partial charge in [-0.2, -0.15) is 0 Å². The fourth-order valence-corrected chi connectivity index (χ4v) is 4.25. The maximum atomic E-state index is 13.5. The van der Waals surface area contributed by atoms with E-state index < -0.39 is 29.6 Å². The second-order valence-corrected chi connectivity index (χ2v) is 8.94. The molecule has 1 aliphatic heterocycles. The molecule has 37 heavy (non-hydrogen) atoms. The molecule has 4 rings (SSSR count). The lowest BCUT2D eigenvalue weighted by Crippen LogP contribution is -2.45. The van der Waals surface area contributed by atoms with Crippen LogP contribution in [-0.4, -0.2) is 41.2 Å². The first kappa shape index (κ1) is 26.0. The lowest BCUT2D eigenvalue weighted by atomic mass is 10.1. The van der Waals surface area contributed by atoms with Crippen molar-refractivity contribution in [2.45, 2.75) is 32.4 Å². The van der Waals surface area contributed by atoms with Gasteiger partial charge in [-0.25, -0.2) is 14.1 Å².